The number of ether oxygens (including phenoxy) is 1. The highest BCUT2D eigenvalue weighted by atomic mass is 32.2. The second kappa shape index (κ2) is 10.5. The van der Waals surface area contributed by atoms with Crippen molar-refractivity contribution in [3.05, 3.63) is 57.2 Å². The highest BCUT2D eigenvalue weighted by molar-refractivity contribution is 7.91. The van der Waals surface area contributed by atoms with Crippen molar-refractivity contribution in [2.24, 2.45) is 0 Å². The van der Waals surface area contributed by atoms with E-state index in [0.717, 1.165) is 47.6 Å². The number of pyridine rings is 1. The molecule has 1 aliphatic heterocycles. The maximum atomic E-state index is 13.2. The summed E-state index contributed by atoms with van der Waals surface area (Å²) in [6.07, 6.45) is 8.00. The molecule has 0 unspecified atom stereocenters. The first-order valence-electron chi connectivity index (χ1n) is 11.4. The fraction of sp³-hybridized carbons (Fsp3) is 0.500. The fourth-order valence-electron chi connectivity index (χ4n) is 4.52. The van der Waals surface area contributed by atoms with Gasteiger partial charge in [-0.3, -0.25) is 9.88 Å². The minimum Gasteiger partial charge on any atom is -0.465 e. The van der Waals surface area contributed by atoms with Gasteiger partial charge in [-0.2, -0.15) is 0 Å². The number of nitrogens with one attached hydrogen (secondary N) is 1. The molecule has 178 valence electrons. The molecule has 0 spiro atoms. The summed E-state index contributed by atoms with van der Waals surface area (Å²) in [4.78, 5) is 20.3. The number of sulfonamides is 1. The Balaban J connectivity index is 1.53. The number of hydrogen-bond acceptors (Lipinski definition) is 7. The number of hydrogen-bond donors (Lipinski definition) is 1. The van der Waals surface area contributed by atoms with E-state index in [-0.39, 0.29) is 9.77 Å². The van der Waals surface area contributed by atoms with Crippen molar-refractivity contribution < 1.29 is 17.9 Å². The summed E-state index contributed by atoms with van der Waals surface area (Å²) in [5.41, 5.74) is 4.27. The smallest absolute Gasteiger partial charge is 0.340 e. The van der Waals surface area contributed by atoms with Gasteiger partial charge in [0.15, 0.2) is 0 Å². The van der Waals surface area contributed by atoms with Crippen LogP contribution in [0.3, 0.4) is 0 Å². The van der Waals surface area contributed by atoms with Crippen molar-refractivity contribution in [2.45, 2.75) is 62.7 Å². The number of carbonyl (C=O) groups excluding carboxylic acids is 1. The largest absolute Gasteiger partial charge is 0.465 e. The first kappa shape index (κ1) is 24.1. The van der Waals surface area contributed by atoms with E-state index in [1.807, 2.05) is 25.1 Å². The molecule has 2 aliphatic rings. The number of methoxy groups -OCH3 is 1. The molecule has 0 fully saturated rings. The molecule has 2 aromatic rings. The summed E-state index contributed by atoms with van der Waals surface area (Å²) in [5, 5.41) is 0. The average Bonchev–Trinajstić information content (AvgIpc) is 3.19. The molecule has 3 heterocycles. The molecule has 0 bridgehead atoms. The van der Waals surface area contributed by atoms with Gasteiger partial charge in [-0.15, -0.1) is 11.3 Å². The van der Waals surface area contributed by atoms with Gasteiger partial charge < -0.3 is 4.74 Å². The van der Waals surface area contributed by atoms with E-state index in [4.69, 9.17) is 4.74 Å². The molecule has 9 heteroatoms. The Morgan fingerprint density at radius 3 is 2.85 bits per heavy atom. The maximum Gasteiger partial charge on any atom is 0.340 e. The molecule has 1 aliphatic carbocycles. The van der Waals surface area contributed by atoms with Gasteiger partial charge in [-0.05, 0) is 63.1 Å². The van der Waals surface area contributed by atoms with Crippen LogP contribution < -0.4 is 4.72 Å². The van der Waals surface area contributed by atoms with Gasteiger partial charge in [0.2, 0.25) is 0 Å². The van der Waals surface area contributed by atoms with Gasteiger partial charge in [0.1, 0.15) is 4.21 Å². The maximum absolute atomic E-state index is 13.2. The zero-order chi connectivity index (χ0) is 23.4. The average molecular weight is 490 g/mol. The van der Waals surface area contributed by atoms with E-state index in [1.54, 1.807) is 0 Å². The molecule has 33 heavy (non-hydrogen) atoms. The van der Waals surface area contributed by atoms with E-state index < -0.39 is 16.0 Å². The van der Waals surface area contributed by atoms with Crippen molar-refractivity contribution in [3.8, 4) is 0 Å². The van der Waals surface area contributed by atoms with Crippen LogP contribution in [0.1, 0.15) is 64.3 Å². The second-order valence-electron chi connectivity index (χ2n) is 8.64. The summed E-state index contributed by atoms with van der Waals surface area (Å²) in [6.45, 7) is 4.30. The molecule has 0 atom stereocenters. The Morgan fingerprint density at radius 2 is 2.12 bits per heavy atom. The minimum absolute atomic E-state index is 0.0764. The van der Waals surface area contributed by atoms with Crippen LogP contribution in [0, 0.1) is 6.92 Å². The van der Waals surface area contributed by atoms with Crippen LogP contribution in [0.5, 0.6) is 0 Å². The van der Waals surface area contributed by atoms with Crippen LogP contribution in [0.25, 0.3) is 0 Å². The molecule has 4 rings (SSSR count). The van der Waals surface area contributed by atoms with Crippen molar-refractivity contribution in [1.82, 2.24) is 14.6 Å². The first-order chi connectivity index (χ1) is 15.9. The number of esters is 1. The first-order valence-corrected chi connectivity index (χ1v) is 13.7. The monoisotopic (exact) mass is 489 g/mol. The Labute approximate surface area is 199 Å². The second-order valence-corrected chi connectivity index (χ2v) is 11.7. The fourth-order valence-corrected chi connectivity index (χ4v) is 7.53. The molecule has 2 aromatic heterocycles. The van der Waals surface area contributed by atoms with E-state index in [9.17, 15) is 13.2 Å². The van der Waals surface area contributed by atoms with E-state index in [2.05, 4.69) is 20.7 Å². The zero-order valence-electron chi connectivity index (χ0n) is 19.2. The van der Waals surface area contributed by atoms with Crippen molar-refractivity contribution in [3.63, 3.8) is 0 Å². The molecule has 0 saturated heterocycles. The highest BCUT2D eigenvalue weighted by Gasteiger charge is 2.34. The van der Waals surface area contributed by atoms with Crippen LogP contribution in [-0.2, 0) is 34.3 Å². The quantitative estimate of drug-likeness (QED) is 0.446. The number of fused-ring (bicyclic) bond motifs is 1. The van der Waals surface area contributed by atoms with Crippen molar-refractivity contribution in [2.75, 3.05) is 20.2 Å². The van der Waals surface area contributed by atoms with Gasteiger partial charge in [0.25, 0.3) is 10.0 Å². The van der Waals surface area contributed by atoms with Crippen LogP contribution in [0.15, 0.2) is 34.1 Å². The summed E-state index contributed by atoms with van der Waals surface area (Å²) < 4.78 is 34.2. The lowest BCUT2D eigenvalue weighted by Crippen LogP contribution is -2.30. The van der Waals surface area contributed by atoms with Gasteiger partial charge in [0.05, 0.1) is 18.4 Å². The number of aromatic nitrogens is 1. The number of rotatable bonds is 8. The standard InChI is InChI=1S/C24H31N3O4S2/c1-17-7-6-10-19(26-17)15-27-14-12-20-21(16-27)32-24(22(20)23(28)31-2)33(29,30)25-13-11-18-8-4-3-5-9-18/h6-8,10,25H,3-5,9,11-16H2,1-2H3. The Bertz CT molecular complexity index is 1150. The lowest BCUT2D eigenvalue weighted by Gasteiger charge is -2.26. The lowest BCUT2D eigenvalue weighted by atomic mass is 9.97. The predicted molar refractivity (Wildman–Crippen MR) is 129 cm³/mol. The van der Waals surface area contributed by atoms with Crippen LogP contribution in [0.2, 0.25) is 0 Å². The Kier molecular flexibility index (Phi) is 7.63. The normalized spacial score (nSPS) is 16.8. The molecule has 7 nitrogen and oxygen atoms in total. The summed E-state index contributed by atoms with van der Waals surface area (Å²) in [5.74, 6) is -0.586. The molecule has 0 radical (unpaired) electrons. The van der Waals surface area contributed by atoms with Gasteiger partial charge in [0, 0.05) is 36.8 Å². The number of nitrogens with zero attached hydrogens (tertiary/aromatic N) is 2. The van der Waals surface area contributed by atoms with Gasteiger partial charge in [-0.1, -0.05) is 17.7 Å². The number of carbonyl (C=O) groups is 1. The summed E-state index contributed by atoms with van der Waals surface area (Å²) in [6, 6.07) is 5.96. The molecule has 0 aromatic carbocycles. The van der Waals surface area contributed by atoms with E-state index in [1.165, 1.54) is 30.4 Å². The Hall–Kier alpha value is -2.07. The summed E-state index contributed by atoms with van der Waals surface area (Å²) in [7, 11) is -2.52. The Morgan fingerprint density at radius 1 is 1.27 bits per heavy atom. The minimum atomic E-state index is -3.81. The lowest BCUT2D eigenvalue weighted by molar-refractivity contribution is 0.0595. The van der Waals surface area contributed by atoms with E-state index in [0.29, 0.717) is 32.5 Å². The molecule has 1 N–H and O–H groups in total. The highest BCUT2D eigenvalue weighted by Crippen LogP contribution is 2.37. The molecular formula is C24H31N3O4S2. The zero-order valence-corrected chi connectivity index (χ0v) is 20.9. The predicted octanol–water partition coefficient (Wildman–Crippen LogP) is 3.97. The number of thiophene rings is 1. The number of allylic oxidation sites excluding steroid dienone is 1. The summed E-state index contributed by atoms with van der Waals surface area (Å²) >= 11 is 1.19. The SMILES string of the molecule is COC(=O)c1c(S(=O)(=O)NCCC2=CCCCC2)sc2c1CCN(Cc1cccc(C)n1)C2. The molecule has 0 saturated carbocycles. The number of aryl methyl sites for hydroxylation is 1. The van der Waals surface area contributed by atoms with E-state index >= 15 is 0 Å². The third kappa shape index (κ3) is 5.71. The third-order valence-electron chi connectivity index (χ3n) is 6.19. The third-order valence-corrected chi connectivity index (χ3v) is 9.39. The van der Waals surface area contributed by atoms with Crippen LogP contribution in [0.4, 0.5) is 0 Å². The molecular weight excluding hydrogens is 458 g/mol. The van der Waals surface area contributed by atoms with Crippen molar-refractivity contribution >= 4 is 27.3 Å². The van der Waals surface area contributed by atoms with Gasteiger partial charge >= 0.3 is 5.97 Å². The van der Waals surface area contributed by atoms with Crippen LogP contribution in [-0.4, -0.2) is 44.5 Å². The molecule has 0 amide bonds. The topological polar surface area (TPSA) is 88.6 Å². The van der Waals surface area contributed by atoms with Crippen molar-refractivity contribution in [1.29, 1.82) is 0 Å². The van der Waals surface area contributed by atoms with Gasteiger partial charge in [-0.25, -0.2) is 17.9 Å². The van der Waals surface area contributed by atoms with Crippen LogP contribution >= 0.6 is 11.3 Å².